The third kappa shape index (κ3) is 3.04. The van der Waals surface area contributed by atoms with Crippen LogP contribution in [-0.2, 0) is 10.0 Å². The summed E-state index contributed by atoms with van der Waals surface area (Å²) < 4.78 is 25.7. The molecule has 0 saturated carbocycles. The molecule has 1 aromatic carbocycles. The maximum atomic E-state index is 12.3. The molecule has 0 spiro atoms. The van der Waals surface area contributed by atoms with E-state index in [9.17, 15) is 18.5 Å². The van der Waals surface area contributed by atoms with Crippen molar-refractivity contribution in [2.45, 2.75) is 11.8 Å². The number of sulfonamides is 1. The zero-order valence-electron chi connectivity index (χ0n) is 10.3. The number of rotatable bonds is 5. The molecule has 0 aliphatic heterocycles. The Labute approximate surface area is 126 Å². The van der Waals surface area contributed by atoms with Crippen LogP contribution in [0.3, 0.4) is 0 Å². The molecule has 0 radical (unpaired) electrons. The SMILES string of the molecule is C#CCN(CC)S(=O)(=O)c1ccc(Cl)c([N+](=O)[O-])c1Cl. The minimum atomic E-state index is -4.02. The summed E-state index contributed by atoms with van der Waals surface area (Å²) in [5.74, 6) is 2.21. The highest BCUT2D eigenvalue weighted by Crippen LogP contribution is 2.38. The van der Waals surface area contributed by atoms with Crippen molar-refractivity contribution in [3.63, 3.8) is 0 Å². The summed E-state index contributed by atoms with van der Waals surface area (Å²) in [5.41, 5.74) is -0.647. The fourth-order valence-corrected chi connectivity index (χ4v) is 3.72. The molecular weight excluding hydrogens is 327 g/mol. The summed E-state index contributed by atoms with van der Waals surface area (Å²) in [6.45, 7) is 1.54. The summed E-state index contributed by atoms with van der Waals surface area (Å²) in [7, 11) is -4.02. The Morgan fingerprint density at radius 3 is 2.50 bits per heavy atom. The Kier molecular flexibility index (Phi) is 5.36. The molecule has 0 fully saturated rings. The lowest BCUT2D eigenvalue weighted by molar-refractivity contribution is -0.384. The van der Waals surface area contributed by atoms with Crippen LogP contribution < -0.4 is 0 Å². The molecule has 0 aromatic heterocycles. The van der Waals surface area contributed by atoms with E-state index in [0.29, 0.717) is 0 Å². The van der Waals surface area contributed by atoms with Gasteiger partial charge in [0.15, 0.2) is 0 Å². The second-order valence-electron chi connectivity index (χ2n) is 3.60. The highest BCUT2D eigenvalue weighted by Gasteiger charge is 2.31. The van der Waals surface area contributed by atoms with Gasteiger partial charge in [-0.1, -0.05) is 36.0 Å². The van der Waals surface area contributed by atoms with Gasteiger partial charge in [-0.3, -0.25) is 10.1 Å². The lowest BCUT2D eigenvalue weighted by atomic mass is 10.3. The molecule has 0 unspecified atom stereocenters. The van der Waals surface area contributed by atoms with Gasteiger partial charge in [-0.05, 0) is 12.1 Å². The van der Waals surface area contributed by atoms with Crippen molar-refractivity contribution < 1.29 is 13.3 Å². The minimum Gasteiger partial charge on any atom is -0.258 e. The fourth-order valence-electron chi connectivity index (χ4n) is 1.50. The van der Waals surface area contributed by atoms with Crippen molar-refractivity contribution >= 4 is 38.9 Å². The van der Waals surface area contributed by atoms with Crippen molar-refractivity contribution in [3.05, 3.63) is 32.3 Å². The third-order valence-electron chi connectivity index (χ3n) is 2.45. The third-order valence-corrected chi connectivity index (χ3v) is 5.22. The maximum Gasteiger partial charge on any atom is 0.307 e. The van der Waals surface area contributed by atoms with Gasteiger partial charge in [-0.2, -0.15) is 4.31 Å². The molecule has 0 heterocycles. The van der Waals surface area contributed by atoms with Gasteiger partial charge in [-0.25, -0.2) is 8.42 Å². The summed E-state index contributed by atoms with van der Waals surface area (Å²) in [6.07, 6.45) is 5.10. The molecule has 0 aliphatic rings. The van der Waals surface area contributed by atoms with Gasteiger partial charge in [0.2, 0.25) is 10.0 Å². The Balaban J connectivity index is 3.52. The van der Waals surface area contributed by atoms with Crippen molar-refractivity contribution in [2.75, 3.05) is 13.1 Å². The normalized spacial score (nSPS) is 11.3. The van der Waals surface area contributed by atoms with Gasteiger partial charge in [-0.15, -0.1) is 6.42 Å². The first-order valence-corrected chi connectivity index (χ1v) is 7.53. The molecule has 1 rings (SSSR count). The van der Waals surface area contributed by atoms with Crippen LogP contribution >= 0.6 is 23.2 Å². The molecule has 0 amide bonds. The molecule has 9 heteroatoms. The molecule has 0 N–H and O–H groups in total. The summed E-state index contributed by atoms with van der Waals surface area (Å²) in [6, 6.07) is 2.23. The van der Waals surface area contributed by atoms with E-state index in [1.165, 1.54) is 0 Å². The highest BCUT2D eigenvalue weighted by molar-refractivity contribution is 7.89. The molecule has 0 atom stereocenters. The van der Waals surface area contributed by atoms with E-state index in [1.54, 1.807) is 6.92 Å². The number of terminal acetylenes is 1. The second-order valence-corrected chi connectivity index (χ2v) is 6.29. The monoisotopic (exact) mass is 336 g/mol. The van der Waals surface area contributed by atoms with E-state index < -0.39 is 30.6 Å². The number of nitrogens with zero attached hydrogens (tertiary/aromatic N) is 2. The average molecular weight is 337 g/mol. The van der Waals surface area contributed by atoms with Crippen LogP contribution in [-0.4, -0.2) is 30.7 Å². The number of nitro groups is 1. The van der Waals surface area contributed by atoms with Crippen molar-refractivity contribution in [1.82, 2.24) is 4.31 Å². The number of halogens is 2. The van der Waals surface area contributed by atoms with E-state index in [2.05, 4.69) is 5.92 Å². The average Bonchev–Trinajstić information content (AvgIpc) is 2.34. The van der Waals surface area contributed by atoms with Gasteiger partial charge in [0.1, 0.15) is 14.9 Å². The van der Waals surface area contributed by atoms with E-state index in [4.69, 9.17) is 29.6 Å². The van der Waals surface area contributed by atoms with E-state index >= 15 is 0 Å². The van der Waals surface area contributed by atoms with E-state index in [0.717, 1.165) is 16.4 Å². The lowest BCUT2D eigenvalue weighted by Crippen LogP contribution is -2.31. The van der Waals surface area contributed by atoms with Crippen LogP contribution in [0.4, 0.5) is 5.69 Å². The first-order valence-electron chi connectivity index (χ1n) is 5.33. The number of benzene rings is 1. The van der Waals surface area contributed by atoms with Gasteiger partial charge in [0.05, 0.1) is 11.5 Å². The molecule has 0 bridgehead atoms. The molecule has 0 saturated heterocycles. The zero-order valence-corrected chi connectivity index (χ0v) is 12.7. The first kappa shape index (κ1) is 16.7. The van der Waals surface area contributed by atoms with Crippen molar-refractivity contribution in [2.24, 2.45) is 0 Å². The number of hydrogen-bond acceptors (Lipinski definition) is 4. The fraction of sp³-hybridized carbons (Fsp3) is 0.273. The standard InChI is InChI=1S/C11H10Cl2N2O4S/c1-3-7-14(4-2)20(18,19)9-6-5-8(12)11(10(9)13)15(16)17/h1,5-6H,4,7H2,2H3. The maximum absolute atomic E-state index is 12.3. The zero-order chi connectivity index (χ0) is 15.5. The van der Waals surface area contributed by atoms with Crippen molar-refractivity contribution in [3.8, 4) is 12.3 Å². The van der Waals surface area contributed by atoms with Gasteiger partial charge < -0.3 is 0 Å². The minimum absolute atomic E-state index is 0.110. The summed E-state index contributed by atoms with van der Waals surface area (Å²) >= 11 is 11.5. The van der Waals surface area contributed by atoms with Crippen LogP contribution in [0.15, 0.2) is 17.0 Å². The van der Waals surface area contributed by atoms with Crippen LogP contribution in [0.5, 0.6) is 0 Å². The van der Waals surface area contributed by atoms with E-state index in [-0.39, 0.29) is 18.1 Å². The molecule has 0 aliphatic carbocycles. The Bertz CT molecular complexity index is 682. The smallest absolute Gasteiger partial charge is 0.258 e. The molecule has 108 valence electrons. The van der Waals surface area contributed by atoms with Gasteiger partial charge >= 0.3 is 5.69 Å². The summed E-state index contributed by atoms with van der Waals surface area (Å²) in [5, 5.41) is 10.1. The molecule has 6 nitrogen and oxygen atoms in total. The molecular formula is C11H10Cl2N2O4S. The summed E-state index contributed by atoms with van der Waals surface area (Å²) in [4.78, 5) is 9.65. The molecule has 1 aromatic rings. The number of nitro benzene ring substituents is 1. The van der Waals surface area contributed by atoms with Gasteiger partial charge in [0.25, 0.3) is 0 Å². The Morgan fingerprint density at radius 2 is 2.05 bits per heavy atom. The topological polar surface area (TPSA) is 80.5 Å². The van der Waals surface area contributed by atoms with Crippen LogP contribution in [0, 0.1) is 22.5 Å². The Morgan fingerprint density at radius 1 is 1.45 bits per heavy atom. The quantitative estimate of drug-likeness (QED) is 0.470. The highest BCUT2D eigenvalue weighted by atomic mass is 35.5. The second kappa shape index (κ2) is 6.41. The van der Waals surface area contributed by atoms with Gasteiger partial charge in [0, 0.05) is 6.54 Å². The van der Waals surface area contributed by atoms with Crippen molar-refractivity contribution in [1.29, 1.82) is 0 Å². The van der Waals surface area contributed by atoms with Crippen LogP contribution in [0.1, 0.15) is 6.92 Å². The first-order chi connectivity index (χ1) is 9.27. The largest absolute Gasteiger partial charge is 0.307 e. The predicted molar refractivity (Wildman–Crippen MR) is 76.4 cm³/mol. The van der Waals surface area contributed by atoms with E-state index in [1.807, 2.05) is 0 Å². The number of hydrogen-bond donors (Lipinski definition) is 0. The predicted octanol–water partition coefficient (Wildman–Crippen LogP) is 2.55. The lowest BCUT2D eigenvalue weighted by Gasteiger charge is -2.18. The van der Waals surface area contributed by atoms with Crippen LogP contribution in [0.25, 0.3) is 0 Å². The van der Waals surface area contributed by atoms with Crippen LogP contribution in [0.2, 0.25) is 10.0 Å². The molecule has 20 heavy (non-hydrogen) atoms. The Hall–Kier alpha value is -1.33.